The van der Waals surface area contributed by atoms with Gasteiger partial charge in [0.25, 0.3) is 0 Å². The molecule has 2 heterocycles. The summed E-state index contributed by atoms with van der Waals surface area (Å²) in [5, 5.41) is 3.35. The third-order valence-electron chi connectivity index (χ3n) is 4.38. The monoisotopic (exact) mass is 347 g/mol. The summed E-state index contributed by atoms with van der Waals surface area (Å²) in [6.07, 6.45) is 6.20. The molecule has 0 aliphatic carbocycles. The van der Waals surface area contributed by atoms with Crippen LogP contribution in [0.3, 0.4) is 0 Å². The van der Waals surface area contributed by atoms with Gasteiger partial charge in [-0.1, -0.05) is 26.0 Å². The van der Waals surface area contributed by atoms with Crippen molar-refractivity contribution in [1.82, 2.24) is 15.0 Å². The molecule has 5 heteroatoms. The van der Waals surface area contributed by atoms with E-state index in [1.807, 2.05) is 37.6 Å². The molecule has 0 radical (unpaired) electrons. The highest BCUT2D eigenvalue weighted by Gasteiger charge is 2.06. The molecule has 1 aromatic carbocycles. The molecule has 0 aliphatic rings. The van der Waals surface area contributed by atoms with Gasteiger partial charge < -0.3 is 10.2 Å². The zero-order chi connectivity index (χ0) is 18.4. The van der Waals surface area contributed by atoms with Crippen molar-refractivity contribution in [3.05, 3.63) is 72.3 Å². The summed E-state index contributed by atoms with van der Waals surface area (Å²) in [6, 6.07) is 14.5. The lowest BCUT2D eigenvalue weighted by molar-refractivity contribution is 0.854. The Morgan fingerprint density at radius 2 is 1.73 bits per heavy atom. The van der Waals surface area contributed by atoms with Crippen LogP contribution in [0, 0.1) is 0 Å². The molecule has 0 spiro atoms. The lowest BCUT2D eigenvalue weighted by atomic mass is 10.0. The topological polar surface area (TPSA) is 53.9 Å². The molecule has 0 unspecified atom stereocenters. The number of aromatic nitrogens is 3. The Bertz CT molecular complexity index is 815. The fourth-order valence-electron chi connectivity index (χ4n) is 2.68. The number of hydrogen-bond acceptors (Lipinski definition) is 5. The molecule has 26 heavy (non-hydrogen) atoms. The van der Waals surface area contributed by atoms with E-state index in [9.17, 15) is 0 Å². The molecule has 1 N–H and O–H groups in total. The minimum atomic E-state index is 0.531. The SMILES string of the molecule is CC(C)c1ccc(Nc2cc(N(C)CCc3ccncc3)ncn2)cc1. The predicted molar refractivity (Wildman–Crippen MR) is 107 cm³/mol. The Balaban J connectivity index is 1.63. The van der Waals surface area contributed by atoms with Crippen molar-refractivity contribution in [2.75, 3.05) is 23.8 Å². The maximum Gasteiger partial charge on any atom is 0.135 e. The molecule has 3 rings (SSSR count). The lowest BCUT2D eigenvalue weighted by Gasteiger charge is -2.18. The van der Waals surface area contributed by atoms with E-state index >= 15 is 0 Å². The average molecular weight is 347 g/mol. The molecule has 134 valence electrons. The first-order chi connectivity index (χ1) is 12.6. The summed E-state index contributed by atoms with van der Waals surface area (Å²) in [7, 11) is 2.05. The van der Waals surface area contributed by atoms with Crippen LogP contribution >= 0.6 is 0 Å². The van der Waals surface area contributed by atoms with Gasteiger partial charge in [-0.05, 0) is 47.7 Å². The number of rotatable bonds is 7. The van der Waals surface area contributed by atoms with Crippen LogP contribution in [-0.4, -0.2) is 28.5 Å². The molecule has 0 aliphatic heterocycles. The van der Waals surface area contributed by atoms with Crippen molar-refractivity contribution in [1.29, 1.82) is 0 Å². The highest BCUT2D eigenvalue weighted by atomic mass is 15.2. The van der Waals surface area contributed by atoms with Gasteiger partial charge >= 0.3 is 0 Å². The molecule has 0 saturated carbocycles. The second kappa shape index (κ2) is 8.43. The van der Waals surface area contributed by atoms with Crippen molar-refractivity contribution < 1.29 is 0 Å². The van der Waals surface area contributed by atoms with Crippen LogP contribution in [0.1, 0.15) is 30.9 Å². The van der Waals surface area contributed by atoms with E-state index in [2.05, 4.69) is 63.3 Å². The number of nitrogens with one attached hydrogen (secondary N) is 1. The number of pyridine rings is 1. The van der Waals surface area contributed by atoms with Gasteiger partial charge in [-0.25, -0.2) is 9.97 Å². The molecular formula is C21H25N5. The summed E-state index contributed by atoms with van der Waals surface area (Å²) in [5.41, 5.74) is 3.62. The Kier molecular flexibility index (Phi) is 5.79. The zero-order valence-electron chi connectivity index (χ0n) is 15.6. The maximum atomic E-state index is 4.39. The molecule has 0 fully saturated rings. The number of anilines is 3. The van der Waals surface area contributed by atoms with Crippen molar-refractivity contribution in [2.24, 2.45) is 0 Å². The zero-order valence-corrected chi connectivity index (χ0v) is 15.6. The van der Waals surface area contributed by atoms with Gasteiger partial charge in [-0.3, -0.25) is 4.98 Å². The largest absolute Gasteiger partial charge is 0.359 e. The van der Waals surface area contributed by atoms with Gasteiger partial charge in [0.2, 0.25) is 0 Å². The van der Waals surface area contributed by atoms with Crippen LogP contribution in [-0.2, 0) is 6.42 Å². The van der Waals surface area contributed by atoms with E-state index in [1.54, 1.807) is 6.33 Å². The van der Waals surface area contributed by atoms with Gasteiger partial charge in [0.1, 0.15) is 18.0 Å². The Morgan fingerprint density at radius 1 is 1.00 bits per heavy atom. The summed E-state index contributed by atoms with van der Waals surface area (Å²) in [6.45, 7) is 5.27. The molecule has 2 aromatic heterocycles. The van der Waals surface area contributed by atoms with E-state index in [0.717, 1.165) is 30.3 Å². The minimum absolute atomic E-state index is 0.531. The predicted octanol–water partition coefficient (Wildman–Crippen LogP) is 4.42. The highest BCUT2D eigenvalue weighted by Crippen LogP contribution is 2.21. The smallest absolute Gasteiger partial charge is 0.135 e. The fourth-order valence-corrected chi connectivity index (χ4v) is 2.68. The third kappa shape index (κ3) is 4.79. The van der Waals surface area contributed by atoms with Gasteiger partial charge in [0, 0.05) is 37.7 Å². The standard InChI is InChI=1S/C21H25N5/c1-16(2)18-4-6-19(7-5-18)25-20-14-21(24-15-23-20)26(3)13-10-17-8-11-22-12-9-17/h4-9,11-12,14-16H,10,13H2,1-3H3,(H,23,24,25). The Hall–Kier alpha value is -2.95. The lowest BCUT2D eigenvalue weighted by Crippen LogP contribution is -2.21. The summed E-state index contributed by atoms with van der Waals surface area (Å²) < 4.78 is 0. The number of hydrogen-bond donors (Lipinski definition) is 1. The van der Waals surface area contributed by atoms with Crippen LogP contribution < -0.4 is 10.2 Å². The number of benzene rings is 1. The van der Waals surface area contributed by atoms with Gasteiger partial charge in [0.15, 0.2) is 0 Å². The van der Waals surface area contributed by atoms with Crippen LogP contribution in [0.25, 0.3) is 0 Å². The van der Waals surface area contributed by atoms with Crippen LogP contribution in [0.15, 0.2) is 61.2 Å². The summed E-state index contributed by atoms with van der Waals surface area (Å²) in [4.78, 5) is 14.9. The van der Waals surface area contributed by atoms with E-state index < -0.39 is 0 Å². The van der Waals surface area contributed by atoms with Gasteiger partial charge in [-0.15, -0.1) is 0 Å². The first kappa shape index (κ1) is 17.9. The first-order valence-electron chi connectivity index (χ1n) is 8.91. The molecule has 0 atom stereocenters. The van der Waals surface area contributed by atoms with E-state index in [1.165, 1.54) is 11.1 Å². The Morgan fingerprint density at radius 3 is 2.42 bits per heavy atom. The summed E-state index contributed by atoms with van der Waals surface area (Å²) >= 11 is 0. The molecule has 3 aromatic rings. The van der Waals surface area contributed by atoms with E-state index in [0.29, 0.717) is 5.92 Å². The molecule has 0 amide bonds. The molecule has 0 bridgehead atoms. The first-order valence-corrected chi connectivity index (χ1v) is 8.91. The quantitative estimate of drug-likeness (QED) is 0.686. The minimum Gasteiger partial charge on any atom is -0.359 e. The van der Waals surface area contributed by atoms with Crippen molar-refractivity contribution in [2.45, 2.75) is 26.2 Å². The molecule has 0 saturated heterocycles. The Labute approximate surface area is 155 Å². The molecule has 5 nitrogen and oxygen atoms in total. The fraction of sp³-hybridized carbons (Fsp3) is 0.286. The molecular weight excluding hydrogens is 322 g/mol. The van der Waals surface area contributed by atoms with Gasteiger partial charge in [0.05, 0.1) is 0 Å². The number of nitrogens with zero attached hydrogens (tertiary/aromatic N) is 4. The van der Waals surface area contributed by atoms with E-state index in [-0.39, 0.29) is 0 Å². The van der Waals surface area contributed by atoms with E-state index in [4.69, 9.17) is 0 Å². The second-order valence-corrected chi connectivity index (χ2v) is 6.69. The normalized spacial score (nSPS) is 10.8. The van der Waals surface area contributed by atoms with Crippen molar-refractivity contribution in [3.63, 3.8) is 0 Å². The maximum absolute atomic E-state index is 4.39. The van der Waals surface area contributed by atoms with Crippen molar-refractivity contribution in [3.8, 4) is 0 Å². The van der Waals surface area contributed by atoms with Crippen molar-refractivity contribution >= 4 is 17.3 Å². The summed E-state index contributed by atoms with van der Waals surface area (Å²) in [5.74, 6) is 2.22. The number of likely N-dealkylation sites (N-methyl/N-ethyl adjacent to an activating group) is 1. The van der Waals surface area contributed by atoms with Gasteiger partial charge in [-0.2, -0.15) is 0 Å². The van der Waals surface area contributed by atoms with Crippen LogP contribution in [0.5, 0.6) is 0 Å². The second-order valence-electron chi connectivity index (χ2n) is 6.69. The average Bonchev–Trinajstić information content (AvgIpc) is 2.67. The van der Waals surface area contributed by atoms with Crippen LogP contribution in [0.2, 0.25) is 0 Å². The van der Waals surface area contributed by atoms with Crippen LogP contribution in [0.4, 0.5) is 17.3 Å². The third-order valence-corrected chi connectivity index (χ3v) is 4.38. The highest BCUT2D eigenvalue weighted by molar-refractivity contribution is 5.59.